The highest BCUT2D eigenvalue weighted by Crippen LogP contribution is 2.15. The van der Waals surface area contributed by atoms with Crippen LogP contribution >= 0.6 is 0 Å². The van der Waals surface area contributed by atoms with E-state index in [1.807, 2.05) is 0 Å². The topological polar surface area (TPSA) is 67.1 Å². The molecule has 5 nitrogen and oxygen atoms in total. The third-order valence-electron chi connectivity index (χ3n) is 2.18. The number of hydrogen-bond acceptors (Lipinski definition) is 5. The van der Waals surface area contributed by atoms with Crippen LogP contribution in [0.4, 0.5) is 11.8 Å². The highest BCUT2D eigenvalue weighted by Gasteiger charge is 2.14. The fourth-order valence-electron chi connectivity index (χ4n) is 1.50. The molecule has 0 radical (unpaired) electrons. The molecule has 0 amide bonds. The molecule has 0 spiro atoms. The Morgan fingerprint density at radius 1 is 1.38 bits per heavy atom. The van der Waals surface area contributed by atoms with E-state index in [2.05, 4.69) is 20.3 Å². The van der Waals surface area contributed by atoms with Gasteiger partial charge in [0.15, 0.2) is 0 Å². The summed E-state index contributed by atoms with van der Waals surface area (Å²) < 4.78 is 0. The minimum Gasteiger partial charge on any atom is -0.341 e. The first-order valence-electron chi connectivity index (χ1n) is 4.45. The van der Waals surface area contributed by atoms with Crippen molar-refractivity contribution < 1.29 is 0 Å². The Morgan fingerprint density at radius 2 is 2.15 bits per heavy atom. The molecule has 0 saturated carbocycles. The third kappa shape index (κ3) is 1.70. The van der Waals surface area contributed by atoms with Crippen molar-refractivity contribution in [2.24, 2.45) is 5.84 Å². The second kappa shape index (κ2) is 3.57. The first-order valence-corrected chi connectivity index (χ1v) is 4.45. The van der Waals surface area contributed by atoms with E-state index in [-0.39, 0.29) is 0 Å². The highest BCUT2D eigenvalue weighted by molar-refractivity contribution is 5.40. The minimum absolute atomic E-state index is 0.664. The van der Waals surface area contributed by atoms with Crippen LogP contribution in [-0.4, -0.2) is 23.1 Å². The summed E-state index contributed by atoms with van der Waals surface area (Å²) in [6.07, 6.45) is 4.17. The Hall–Kier alpha value is -1.36. The zero-order chi connectivity index (χ0) is 9.10. The van der Waals surface area contributed by atoms with Crippen molar-refractivity contribution in [3.8, 4) is 0 Å². The molecule has 1 aliphatic heterocycles. The zero-order valence-electron chi connectivity index (χ0n) is 7.40. The van der Waals surface area contributed by atoms with Gasteiger partial charge in [-0.2, -0.15) is 4.98 Å². The van der Waals surface area contributed by atoms with Gasteiger partial charge in [0.05, 0.1) is 0 Å². The van der Waals surface area contributed by atoms with Gasteiger partial charge in [0.25, 0.3) is 0 Å². The molecule has 1 fully saturated rings. The molecule has 0 unspecified atom stereocenters. The molecular formula is C8H13N5. The van der Waals surface area contributed by atoms with Crippen LogP contribution in [0.1, 0.15) is 12.8 Å². The quantitative estimate of drug-likeness (QED) is 0.507. The summed E-state index contributed by atoms with van der Waals surface area (Å²) in [5.74, 6) is 6.69. The van der Waals surface area contributed by atoms with Crippen molar-refractivity contribution in [1.82, 2.24) is 9.97 Å². The Kier molecular flexibility index (Phi) is 2.27. The predicted octanol–water partition coefficient (Wildman–Crippen LogP) is 0.362. The maximum absolute atomic E-state index is 5.26. The van der Waals surface area contributed by atoms with Gasteiger partial charge in [0.2, 0.25) is 5.95 Å². The summed E-state index contributed by atoms with van der Waals surface area (Å²) in [6, 6.07) is 1.75. The Labute approximate surface area is 76.9 Å². The number of hydrazine groups is 1. The molecule has 1 aromatic heterocycles. The van der Waals surface area contributed by atoms with Crippen LogP contribution < -0.4 is 16.2 Å². The van der Waals surface area contributed by atoms with E-state index >= 15 is 0 Å². The second-order valence-corrected chi connectivity index (χ2v) is 3.08. The maximum Gasteiger partial charge on any atom is 0.227 e. The summed E-state index contributed by atoms with van der Waals surface area (Å²) >= 11 is 0. The van der Waals surface area contributed by atoms with Gasteiger partial charge in [-0.3, -0.25) is 0 Å². The number of nitrogens with two attached hydrogens (primary N) is 1. The van der Waals surface area contributed by atoms with Crippen LogP contribution in [0, 0.1) is 0 Å². The van der Waals surface area contributed by atoms with Crippen molar-refractivity contribution in [2.45, 2.75) is 12.8 Å². The standard InChI is InChI=1S/C8H13N5/c9-12-7-3-4-10-8(11-7)13-5-1-2-6-13/h3-4H,1-2,5-6,9H2,(H,10,11,12). The van der Waals surface area contributed by atoms with E-state index in [4.69, 9.17) is 5.84 Å². The lowest BCUT2D eigenvalue weighted by atomic mass is 10.4. The molecule has 0 atom stereocenters. The van der Waals surface area contributed by atoms with Gasteiger partial charge in [-0.25, -0.2) is 10.8 Å². The van der Waals surface area contributed by atoms with Gasteiger partial charge < -0.3 is 10.3 Å². The maximum atomic E-state index is 5.26. The lowest BCUT2D eigenvalue weighted by Crippen LogP contribution is -2.21. The van der Waals surface area contributed by atoms with Crippen molar-refractivity contribution in [3.05, 3.63) is 12.3 Å². The van der Waals surface area contributed by atoms with Crippen LogP contribution in [0.3, 0.4) is 0 Å². The Bertz CT molecular complexity index is 282. The number of nitrogens with zero attached hydrogens (tertiary/aromatic N) is 3. The van der Waals surface area contributed by atoms with Gasteiger partial charge in [-0.05, 0) is 12.8 Å². The minimum atomic E-state index is 0.664. The zero-order valence-corrected chi connectivity index (χ0v) is 7.40. The van der Waals surface area contributed by atoms with E-state index in [0.29, 0.717) is 5.82 Å². The molecule has 0 aliphatic carbocycles. The average molecular weight is 179 g/mol. The molecule has 1 saturated heterocycles. The van der Waals surface area contributed by atoms with Gasteiger partial charge in [0.1, 0.15) is 5.82 Å². The molecule has 5 heteroatoms. The monoisotopic (exact) mass is 179 g/mol. The molecule has 2 heterocycles. The SMILES string of the molecule is NNc1ccnc(N2CCCC2)n1. The van der Waals surface area contributed by atoms with Gasteiger partial charge in [-0.15, -0.1) is 0 Å². The van der Waals surface area contributed by atoms with E-state index in [1.165, 1.54) is 12.8 Å². The number of nitrogens with one attached hydrogen (secondary N) is 1. The molecule has 0 bridgehead atoms. The molecule has 70 valence electrons. The van der Waals surface area contributed by atoms with Gasteiger partial charge in [0, 0.05) is 25.4 Å². The molecule has 3 N–H and O–H groups in total. The van der Waals surface area contributed by atoms with Gasteiger partial charge >= 0.3 is 0 Å². The van der Waals surface area contributed by atoms with E-state index in [0.717, 1.165) is 19.0 Å². The average Bonchev–Trinajstić information content (AvgIpc) is 2.71. The Balaban J connectivity index is 2.18. The number of rotatable bonds is 2. The Morgan fingerprint density at radius 3 is 2.85 bits per heavy atom. The van der Waals surface area contributed by atoms with Crippen LogP contribution in [0.2, 0.25) is 0 Å². The van der Waals surface area contributed by atoms with Crippen molar-refractivity contribution >= 4 is 11.8 Å². The van der Waals surface area contributed by atoms with E-state index in [1.54, 1.807) is 12.3 Å². The van der Waals surface area contributed by atoms with E-state index in [9.17, 15) is 0 Å². The summed E-state index contributed by atoms with van der Waals surface area (Å²) in [7, 11) is 0. The second-order valence-electron chi connectivity index (χ2n) is 3.08. The van der Waals surface area contributed by atoms with Crippen LogP contribution in [0.25, 0.3) is 0 Å². The van der Waals surface area contributed by atoms with Crippen LogP contribution in [0.5, 0.6) is 0 Å². The van der Waals surface area contributed by atoms with Crippen LogP contribution in [-0.2, 0) is 0 Å². The third-order valence-corrected chi connectivity index (χ3v) is 2.18. The lowest BCUT2D eigenvalue weighted by molar-refractivity contribution is 0.898. The molecule has 0 aromatic carbocycles. The van der Waals surface area contributed by atoms with Crippen molar-refractivity contribution in [3.63, 3.8) is 0 Å². The molecular weight excluding hydrogens is 166 g/mol. The molecule has 1 aliphatic rings. The smallest absolute Gasteiger partial charge is 0.227 e. The number of nitrogen functional groups attached to an aromatic ring is 1. The first-order chi connectivity index (χ1) is 6.40. The summed E-state index contributed by atoms with van der Waals surface area (Å²) in [6.45, 7) is 2.10. The molecule has 2 rings (SSSR count). The van der Waals surface area contributed by atoms with Crippen molar-refractivity contribution in [1.29, 1.82) is 0 Å². The van der Waals surface area contributed by atoms with Crippen molar-refractivity contribution in [2.75, 3.05) is 23.4 Å². The van der Waals surface area contributed by atoms with E-state index < -0.39 is 0 Å². The summed E-state index contributed by atoms with van der Waals surface area (Å²) in [4.78, 5) is 10.6. The number of aromatic nitrogens is 2. The number of anilines is 2. The van der Waals surface area contributed by atoms with Crippen LogP contribution in [0.15, 0.2) is 12.3 Å². The van der Waals surface area contributed by atoms with Gasteiger partial charge in [-0.1, -0.05) is 0 Å². The predicted molar refractivity (Wildman–Crippen MR) is 51.3 cm³/mol. The summed E-state index contributed by atoms with van der Waals surface area (Å²) in [5, 5.41) is 0. The molecule has 1 aromatic rings. The fraction of sp³-hybridized carbons (Fsp3) is 0.500. The fourth-order valence-corrected chi connectivity index (χ4v) is 1.50. The highest BCUT2D eigenvalue weighted by atomic mass is 15.3. The largest absolute Gasteiger partial charge is 0.341 e. The first kappa shape index (κ1) is 8.25. The molecule has 13 heavy (non-hydrogen) atoms. The normalized spacial score (nSPS) is 16.2. The lowest BCUT2D eigenvalue weighted by Gasteiger charge is -2.14. The summed E-state index contributed by atoms with van der Waals surface area (Å²) in [5.41, 5.74) is 2.51. The number of hydrogen-bond donors (Lipinski definition) is 2.